The molecule has 4 nitrogen and oxygen atoms in total. The van der Waals surface area contributed by atoms with E-state index < -0.39 is 6.04 Å². The molecule has 1 aromatic heterocycles. The maximum atomic E-state index is 12.5. The number of amides is 1. The Labute approximate surface area is 158 Å². The van der Waals surface area contributed by atoms with E-state index in [4.69, 9.17) is 0 Å². The van der Waals surface area contributed by atoms with Crippen LogP contribution in [-0.4, -0.2) is 35.2 Å². The second kappa shape index (κ2) is 11.4. The van der Waals surface area contributed by atoms with Crippen LogP contribution in [0.25, 0.3) is 12.2 Å². The largest absolute Gasteiger partial charge is 0.342 e. The zero-order chi connectivity index (χ0) is 17.2. The first-order chi connectivity index (χ1) is 11.7. The lowest BCUT2D eigenvalue weighted by Crippen LogP contribution is -2.36. The molecule has 0 aliphatic carbocycles. The number of benzene rings is 1. The summed E-state index contributed by atoms with van der Waals surface area (Å²) in [5.74, 6) is 0.583. The molecular weight excluding hydrogens is 356 g/mol. The number of halogens is 1. The van der Waals surface area contributed by atoms with E-state index in [0.717, 1.165) is 23.3 Å². The average molecular weight is 377 g/mol. The first kappa shape index (κ1) is 20.9. The number of pyridine rings is 1. The lowest BCUT2D eigenvalue weighted by atomic mass is 10.1. The van der Waals surface area contributed by atoms with Gasteiger partial charge in [-0.15, -0.1) is 12.4 Å². The molecule has 0 spiro atoms. The zero-order valence-corrected chi connectivity index (χ0v) is 15.6. The van der Waals surface area contributed by atoms with E-state index in [1.54, 1.807) is 24.0 Å². The quantitative estimate of drug-likeness (QED) is 0.713. The number of carbonyl (C=O) groups is 2. The number of nitrogens with one attached hydrogen (secondary N) is 1. The standard InChI is InChI=1S/C19H20N2O2S.ClH/c1-24-13-11-17(14-22)21-19(23)18-8-3-2-6-15(18)9-10-16-7-4-5-12-20-16;/h2-10,12,14,17H,11,13H2,1H3,(H,21,23);1H. The highest BCUT2D eigenvalue weighted by Crippen LogP contribution is 2.13. The number of nitrogens with zero attached hydrogens (tertiary/aromatic N) is 1. The van der Waals surface area contributed by atoms with Crippen molar-refractivity contribution in [3.05, 3.63) is 65.5 Å². The molecule has 25 heavy (non-hydrogen) atoms. The van der Waals surface area contributed by atoms with Crippen LogP contribution in [0.4, 0.5) is 0 Å². The van der Waals surface area contributed by atoms with Gasteiger partial charge in [-0.3, -0.25) is 9.78 Å². The maximum absolute atomic E-state index is 12.5. The molecule has 0 fully saturated rings. The second-order valence-electron chi connectivity index (χ2n) is 5.17. The molecular formula is C19H21ClN2O2S. The van der Waals surface area contributed by atoms with E-state index in [1.807, 2.05) is 54.8 Å². The van der Waals surface area contributed by atoms with Crippen molar-refractivity contribution in [2.24, 2.45) is 0 Å². The Morgan fingerprint density at radius 2 is 1.96 bits per heavy atom. The topological polar surface area (TPSA) is 59.1 Å². The van der Waals surface area contributed by atoms with E-state index in [0.29, 0.717) is 12.0 Å². The predicted molar refractivity (Wildman–Crippen MR) is 107 cm³/mol. The third kappa shape index (κ3) is 6.72. The molecule has 0 bridgehead atoms. The van der Waals surface area contributed by atoms with E-state index in [1.165, 1.54) is 0 Å². The Morgan fingerprint density at radius 3 is 2.64 bits per heavy atom. The van der Waals surface area contributed by atoms with Crippen molar-refractivity contribution >= 4 is 48.5 Å². The van der Waals surface area contributed by atoms with E-state index >= 15 is 0 Å². The van der Waals surface area contributed by atoms with Gasteiger partial charge in [-0.2, -0.15) is 11.8 Å². The zero-order valence-electron chi connectivity index (χ0n) is 13.9. The average Bonchev–Trinajstić information content (AvgIpc) is 2.64. The van der Waals surface area contributed by atoms with Crippen LogP contribution in [0.15, 0.2) is 48.7 Å². The van der Waals surface area contributed by atoms with Gasteiger partial charge in [0.25, 0.3) is 5.91 Å². The highest BCUT2D eigenvalue weighted by atomic mass is 35.5. The minimum atomic E-state index is -0.460. The maximum Gasteiger partial charge on any atom is 0.252 e. The Hall–Kier alpha value is -2.11. The third-order valence-corrected chi connectivity index (χ3v) is 4.08. The van der Waals surface area contributed by atoms with Crippen molar-refractivity contribution in [2.75, 3.05) is 12.0 Å². The summed E-state index contributed by atoms with van der Waals surface area (Å²) in [5, 5.41) is 2.79. The van der Waals surface area contributed by atoms with Crippen molar-refractivity contribution in [3.8, 4) is 0 Å². The molecule has 1 amide bonds. The van der Waals surface area contributed by atoms with Crippen molar-refractivity contribution in [2.45, 2.75) is 12.5 Å². The fourth-order valence-electron chi connectivity index (χ4n) is 2.16. The van der Waals surface area contributed by atoms with Crippen LogP contribution in [0.3, 0.4) is 0 Å². The van der Waals surface area contributed by atoms with Gasteiger partial charge in [-0.25, -0.2) is 0 Å². The van der Waals surface area contributed by atoms with Gasteiger partial charge in [0.05, 0.1) is 11.7 Å². The minimum Gasteiger partial charge on any atom is -0.342 e. The molecule has 6 heteroatoms. The molecule has 2 rings (SSSR count). The van der Waals surface area contributed by atoms with Crippen molar-refractivity contribution in [3.63, 3.8) is 0 Å². The van der Waals surface area contributed by atoms with Crippen LogP contribution in [0.2, 0.25) is 0 Å². The van der Waals surface area contributed by atoms with Crippen LogP contribution in [0, 0.1) is 0 Å². The molecule has 2 aromatic rings. The van der Waals surface area contributed by atoms with Gasteiger partial charge >= 0.3 is 0 Å². The van der Waals surface area contributed by atoms with E-state index in [9.17, 15) is 9.59 Å². The van der Waals surface area contributed by atoms with Crippen molar-refractivity contribution in [1.29, 1.82) is 0 Å². The first-order valence-electron chi connectivity index (χ1n) is 7.68. The third-order valence-electron chi connectivity index (χ3n) is 3.44. The molecule has 1 atom stereocenters. The molecule has 0 saturated carbocycles. The smallest absolute Gasteiger partial charge is 0.252 e. The summed E-state index contributed by atoms with van der Waals surface area (Å²) in [5.41, 5.74) is 2.15. The second-order valence-corrected chi connectivity index (χ2v) is 6.16. The molecule has 0 radical (unpaired) electrons. The number of hydrogen-bond acceptors (Lipinski definition) is 4. The Morgan fingerprint density at radius 1 is 1.20 bits per heavy atom. The van der Waals surface area contributed by atoms with Gasteiger partial charge < -0.3 is 10.1 Å². The van der Waals surface area contributed by atoms with Crippen LogP contribution >= 0.6 is 24.2 Å². The highest BCUT2D eigenvalue weighted by molar-refractivity contribution is 7.98. The minimum absolute atomic E-state index is 0. The number of aldehydes is 1. The van der Waals surface area contributed by atoms with Crippen LogP contribution in [0.5, 0.6) is 0 Å². The summed E-state index contributed by atoms with van der Waals surface area (Å²) in [4.78, 5) is 27.8. The van der Waals surface area contributed by atoms with Gasteiger partial charge in [0.15, 0.2) is 0 Å². The summed E-state index contributed by atoms with van der Waals surface area (Å²) in [7, 11) is 0. The van der Waals surface area contributed by atoms with E-state index in [-0.39, 0.29) is 18.3 Å². The van der Waals surface area contributed by atoms with Crippen molar-refractivity contribution in [1.82, 2.24) is 10.3 Å². The monoisotopic (exact) mass is 376 g/mol. The summed E-state index contributed by atoms with van der Waals surface area (Å²) >= 11 is 1.65. The lowest BCUT2D eigenvalue weighted by Gasteiger charge is -2.13. The molecule has 1 aromatic carbocycles. The molecule has 0 saturated heterocycles. The summed E-state index contributed by atoms with van der Waals surface area (Å²) in [6, 6.07) is 12.5. The molecule has 1 heterocycles. The molecule has 0 aliphatic heterocycles. The highest BCUT2D eigenvalue weighted by Gasteiger charge is 2.14. The lowest BCUT2D eigenvalue weighted by molar-refractivity contribution is -0.109. The fraction of sp³-hybridized carbons (Fsp3) is 0.211. The number of thioether (sulfide) groups is 1. The van der Waals surface area contributed by atoms with Gasteiger partial charge in [-0.1, -0.05) is 30.3 Å². The Kier molecular flexibility index (Phi) is 9.58. The van der Waals surface area contributed by atoms with Gasteiger partial charge in [-0.05, 0) is 48.3 Å². The Bertz CT molecular complexity index is 708. The van der Waals surface area contributed by atoms with Crippen LogP contribution < -0.4 is 5.32 Å². The SMILES string of the molecule is CSCCC(C=O)NC(=O)c1ccccc1C=Cc1ccccn1.Cl. The normalized spacial score (nSPS) is 11.6. The Balaban J connectivity index is 0.00000312. The number of aromatic nitrogens is 1. The van der Waals surface area contributed by atoms with Gasteiger partial charge in [0, 0.05) is 11.8 Å². The fourth-order valence-corrected chi connectivity index (χ4v) is 2.65. The molecule has 1 unspecified atom stereocenters. The number of rotatable bonds is 8. The summed E-state index contributed by atoms with van der Waals surface area (Å²) in [6.45, 7) is 0. The van der Waals surface area contributed by atoms with Crippen LogP contribution in [0.1, 0.15) is 28.0 Å². The predicted octanol–water partition coefficient (Wildman–Crippen LogP) is 3.72. The van der Waals surface area contributed by atoms with Crippen molar-refractivity contribution < 1.29 is 9.59 Å². The first-order valence-corrected chi connectivity index (χ1v) is 9.07. The number of hydrogen-bond donors (Lipinski definition) is 1. The van der Waals surface area contributed by atoms with Gasteiger partial charge in [0.1, 0.15) is 6.29 Å². The summed E-state index contributed by atoms with van der Waals surface area (Å²) < 4.78 is 0. The van der Waals surface area contributed by atoms with Crippen LogP contribution in [-0.2, 0) is 4.79 Å². The molecule has 132 valence electrons. The van der Waals surface area contributed by atoms with E-state index in [2.05, 4.69) is 10.3 Å². The number of carbonyl (C=O) groups excluding carboxylic acids is 2. The molecule has 0 aliphatic rings. The summed E-state index contributed by atoms with van der Waals surface area (Å²) in [6.07, 6.45) is 8.83. The van der Waals surface area contributed by atoms with Gasteiger partial charge in [0.2, 0.25) is 0 Å². The molecule has 1 N–H and O–H groups in total.